The number of rotatable bonds is 4. The van der Waals surface area contributed by atoms with Crippen LogP contribution in [0.25, 0.3) is 10.1 Å². The molecule has 5 nitrogen and oxygen atoms in total. The third-order valence-corrected chi connectivity index (χ3v) is 4.90. The zero-order chi connectivity index (χ0) is 14.9. The molecule has 0 aliphatic rings. The predicted molar refractivity (Wildman–Crippen MR) is 84.8 cm³/mol. The quantitative estimate of drug-likeness (QED) is 0.774. The number of sulfonamides is 1. The number of aromatic nitrogens is 1. The van der Waals surface area contributed by atoms with Crippen molar-refractivity contribution in [1.29, 1.82) is 0 Å². The number of hydrogen-bond acceptors (Lipinski definition) is 5. The van der Waals surface area contributed by atoms with Crippen molar-refractivity contribution in [2.24, 2.45) is 5.14 Å². The molecule has 7 heteroatoms. The highest BCUT2D eigenvalue weighted by atomic mass is 32.2. The molecule has 21 heavy (non-hydrogen) atoms. The highest BCUT2D eigenvalue weighted by Gasteiger charge is 2.07. The second kappa shape index (κ2) is 5.44. The number of nitrogens with one attached hydrogen (secondary N) is 1. The van der Waals surface area contributed by atoms with Gasteiger partial charge >= 0.3 is 0 Å². The first kappa shape index (κ1) is 14.0. The average Bonchev–Trinajstić information content (AvgIpc) is 2.93. The summed E-state index contributed by atoms with van der Waals surface area (Å²) in [6, 6.07) is 10.5. The molecule has 3 rings (SSSR count). The van der Waals surface area contributed by atoms with Crippen molar-refractivity contribution in [2.45, 2.75) is 11.4 Å². The van der Waals surface area contributed by atoms with Gasteiger partial charge in [0, 0.05) is 22.8 Å². The summed E-state index contributed by atoms with van der Waals surface area (Å²) in [7, 11) is -3.64. The van der Waals surface area contributed by atoms with Crippen LogP contribution in [0.2, 0.25) is 0 Å². The van der Waals surface area contributed by atoms with E-state index in [1.165, 1.54) is 16.8 Å². The fraction of sp³-hybridized carbons (Fsp3) is 0.0714. The van der Waals surface area contributed by atoms with Crippen LogP contribution >= 0.6 is 11.3 Å². The summed E-state index contributed by atoms with van der Waals surface area (Å²) >= 11 is 1.67. The number of nitrogens with zero attached hydrogens (tertiary/aromatic N) is 1. The fourth-order valence-electron chi connectivity index (χ4n) is 2.02. The summed E-state index contributed by atoms with van der Waals surface area (Å²) in [6.07, 6.45) is 1.77. The highest BCUT2D eigenvalue weighted by molar-refractivity contribution is 7.89. The Morgan fingerprint density at radius 2 is 1.90 bits per heavy atom. The molecule has 0 saturated carbocycles. The molecule has 0 aliphatic carbocycles. The molecule has 0 fully saturated rings. The van der Waals surface area contributed by atoms with E-state index in [1.54, 1.807) is 29.7 Å². The van der Waals surface area contributed by atoms with E-state index in [4.69, 9.17) is 5.14 Å². The number of thiophene rings is 1. The lowest BCUT2D eigenvalue weighted by Crippen LogP contribution is -2.12. The van der Waals surface area contributed by atoms with Gasteiger partial charge in [-0.25, -0.2) is 18.5 Å². The van der Waals surface area contributed by atoms with Crippen molar-refractivity contribution in [3.63, 3.8) is 0 Å². The van der Waals surface area contributed by atoms with E-state index in [1.807, 2.05) is 17.5 Å². The highest BCUT2D eigenvalue weighted by Crippen LogP contribution is 2.26. The normalized spacial score (nSPS) is 11.7. The van der Waals surface area contributed by atoms with Gasteiger partial charge in [0.25, 0.3) is 0 Å². The summed E-state index contributed by atoms with van der Waals surface area (Å²) in [6.45, 7) is 0.562. The lowest BCUT2D eigenvalue weighted by molar-refractivity contribution is 0.598. The first-order valence-electron chi connectivity index (χ1n) is 6.22. The van der Waals surface area contributed by atoms with Gasteiger partial charge in [0.2, 0.25) is 10.0 Å². The number of primary sulfonamides is 1. The molecule has 2 aromatic heterocycles. The molecule has 0 spiro atoms. The van der Waals surface area contributed by atoms with Gasteiger partial charge < -0.3 is 5.32 Å². The van der Waals surface area contributed by atoms with Crippen LogP contribution in [0.3, 0.4) is 0 Å². The summed E-state index contributed by atoms with van der Waals surface area (Å²) in [4.78, 5) is 4.45. The first-order valence-corrected chi connectivity index (χ1v) is 8.64. The lowest BCUT2D eigenvalue weighted by atomic mass is 10.2. The number of nitrogens with two attached hydrogens (primary N) is 1. The van der Waals surface area contributed by atoms with Gasteiger partial charge in [0.05, 0.1) is 4.90 Å². The minimum absolute atomic E-state index is 0.115. The van der Waals surface area contributed by atoms with E-state index < -0.39 is 10.0 Å². The minimum atomic E-state index is -3.64. The zero-order valence-electron chi connectivity index (χ0n) is 11.0. The van der Waals surface area contributed by atoms with E-state index in [-0.39, 0.29) is 4.90 Å². The fourth-order valence-corrected chi connectivity index (χ4v) is 3.32. The van der Waals surface area contributed by atoms with Gasteiger partial charge in [-0.3, -0.25) is 0 Å². The Morgan fingerprint density at radius 1 is 1.14 bits per heavy atom. The number of pyridine rings is 1. The molecule has 0 aliphatic heterocycles. The van der Waals surface area contributed by atoms with Gasteiger partial charge in [0.1, 0.15) is 5.82 Å². The summed E-state index contributed by atoms with van der Waals surface area (Å²) in [5, 5.41) is 11.4. The Hall–Kier alpha value is -1.96. The zero-order valence-corrected chi connectivity index (χ0v) is 12.6. The Labute approximate surface area is 126 Å². The van der Waals surface area contributed by atoms with Crippen LogP contribution in [0.15, 0.2) is 52.9 Å². The SMILES string of the molecule is NS(=O)(=O)c1ccc(CNc2nccc3sccc23)cc1. The first-order chi connectivity index (χ1) is 10.0. The monoisotopic (exact) mass is 319 g/mol. The molecule has 108 valence electrons. The molecule has 3 aromatic rings. The maximum absolute atomic E-state index is 11.2. The van der Waals surface area contributed by atoms with Crippen LogP contribution in [0, 0.1) is 0 Å². The molecule has 0 amide bonds. The minimum Gasteiger partial charge on any atom is -0.365 e. The van der Waals surface area contributed by atoms with E-state index in [0.29, 0.717) is 6.54 Å². The van der Waals surface area contributed by atoms with E-state index in [2.05, 4.69) is 10.3 Å². The third-order valence-electron chi connectivity index (χ3n) is 3.09. The van der Waals surface area contributed by atoms with Crippen LogP contribution in [0.4, 0.5) is 5.82 Å². The van der Waals surface area contributed by atoms with Gasteiger partial charge in [0.15, 0.2) is 0 Å². The summed E-state index contributed by atoms with van der Waals surface area (Å²) < 4.78 is 23.6. The van der Waals surface area contributed by atoms with E-state index in [0.717, 1.165) is 16.8 Å². The molecule has 2 heterocycles. The topological polar surface area (TPSA) is 85.1 Å². The molecule has 3 N–H and O–H groups in total. The van der Waals surface area contributed by atoms with Crippen LogP contribution in [-0.4, -0.2) is 13.4 Å². The van der Waals surface area contributed by atoms with Gasteiger partial charge in [-0.1, -0.05) is 12.1 Å². The van der Waals surface area contributed by atoms with Crippen molar-refractivity contribution in [3.8, 4) is 0 Å². The molecule has 0 unspecified atom stereocenters. The second-order valence-electron chi connectivity index (χ2n) is 4.53. The van der Waals surface area contributed by atoms with Gasteiger partial charge in [-0.2, -0.15) is 0 Å². The lowest BCUT2D eigenvalue weighted by Gasteiger charge is -2.07. The van der Waals surface area contributed by atoms with Crippen molar-refractivity contribution < 1.29 is 8.42 Å². The molecule has 0 bridgehead atoms. The Bertz CT molecular complexity index is 871. The van der Waals surface area contributed by atoms with Crippen LogP contribution in [-0.2, 0) is 16.6 Å². The van der Waals surface area contributed by atoms with E-state index >= 15 is 0 Å². The standard InChI is InChI=1S/C14H13N3O2S2/c15-21(18,19)11-3-1-10(2-4-11)9-17-14-12-6-8-20-13(12)5-7-16-14/h1-8H,9H2,(H,16,17)(H2,15,18,19). The van der Waals surface area contributed by atoms with Gasteiger partial charge in [-0.15, -0.1) is 11.3 Å². The molecule has 1 aromatic carbocycles. The van der Waals surface area contributed by atoms with E-state index in [9.17, 15) is 8.42 Å². The molecular weight excluding hydrogens is 306 g/mol. The predicted octanol–water partition coefficient (Wildman–Crippen LogP) is 2.56. The Kier molecular flexibility index (Phi) is 3.62. The van der Waals surface area contributed by atoms with Crippen molar-refractivity contribution in [2.75, 3.05) is 5.32 Å². The van der Waals surface area contributed by atoms with Gasteiger partial charge in [-0.05, 0) is 35.2 Å². The molecular formula is C14H13N3O2S2. The number of benzene rings is 1. The summed E-state index contributed by atoms with van der Waals surface area (Å²) in [5.74, 6) is 0.823. The Morgan fingerprint density at radius 3 is 2.62 bits per heavy atom. The largest absolute Gasteiger partial charge is 0.365 e. The van der Waals surface area contributed by atoms with Crippen molar-refractivity contribution in [3.05, 3.63) is 53.5 Å². The molecule has 0 atom stereocenters. The van der Waals surface area contributed by atoms with Crippen LogP contribution in [0.5, 0.6) is 0 Å². The number of hydrogen-bond donors (Lipinski definition) is 2. The average molecular weight is 319 g/mol. The Balaban J connectivity index is 1.77. The maximum atomic E-state index is 11.2. The number of fused-ring (bicyclic) bond motifs is 1. The summed E-state index contributed by atoms with van der Waals surface area (Å²) in [5.41, 5.74) is 0.955. The number of anilines is 1. The van der Waals surface area contributed by atoms with Crippen molar-refractivity contribution >= 4 is 37.3 Å². The van der Waals surface area contributed by atoms with Crippen molar-refractivity contribution in [1.82, 2.24) is 4.98 Å². The second-order valence-corrected chi connectivity index (χ2v) is 7.04. The molecule has 0 saturated heterocycles. The maximum Gasteiger partial charge on any atom is 0.238 e. The third kappa shape index (κ3) is 3.05. The molecule has 0 radical (unpaired) electrons. The van der Waals surface area contributed by atoms with Crippen LogP contribution < -0.4 is 10.5 Å². The van der Waals surface area contributed by atoms with Crippen LogP contribution in [0.1, 0.15) is 5.56 Å². The smallest absolute Gasteiger partial charge is 0.238 e.